The number of nitrogens with one attached hydrogen (secondary N) is 1. The van der Waals surface area contributed by atoms with Crippen molar-refractivity contribution in [3.63, 3.8) is 0 Å². The van der Waals surface area contributed by atoms with Gasteiger partial charge in [0.1, 0.15) is 0 Å². The highest BCUT2D eigenvalue weighted by molar-refractivity contribution is 5.79. The maximum Gasteiger partial charge on any atom is 0.317 e. The summed E-state index contributed by atoms with van der Waals surface area (Å²) in [6.45, 7) is 4.13. The molecule has 2 aromatic rings. The lowest BCUT2D eigenvalue weighted by atomic mass is 9.91. The molecule has 2 N–H and O–H groups in total. The van der Waals surface area contributed by atoms with E-state index in [-0.39, 0.29) is 6.54 Å². The average Bonchev–Trinajstić information content (AvgIpc) is 3.10. The standard InChI is InChI=1S/C21H30N4O2/c26-21(27)15-24-11-7-19(8-12-24)25-20-4-3-17(13-18(20)14-23-25)2-1-16-5-9-22-10-6-16/h3-4,13-14,16,19,22H,1-2,5-12,15H2,(H,26,27). The molecule has 2 fully saturated rings. The van der Waals surface area contributed by atoms with Gasteiger partial charge in [0.2, 0.25) is 0 Å². The maximum absolute atomic E-state index is 10.9. The highest BCUT2D eigenvalue weighted by atomic mass is 16.4. The number of carboxylic acids is 1. The molecule has 2 aliphatic rings. The van der Waals surface area contributed by atoms with Crippen LogP contribution >= 0.6 is 0 Å². The van der Waals surface area contributed by atoms with Gasteiger partial charge in [0, 0.05) is 18.5 Å². The topological polar surface area (TPSA) is 70.4 Å². The molecule has 0 atom stereocenters. The van der Waals surface area contributed by atoms with Crippen LogP contribution in [0.3, 0.4) is 0 Å². The fourth-order valence-electron chi connectivity index (χ4n) is 4.60. The summed E-state index contributed by atoms with van der Waals surface area (Å²) < 4.78 is 2.16. The molecule has 0 bridgehead atoms. The summed E-state index contributed by atoms with van der Waals surface area (Å²) in [6, 6.07) is 7.16. The molecule has 0 spiro atoms. The summed E-state index contributed by atoms with van der Waals surface area (Å²) in [6.07, 6.45) is 8.96. The van der Waals surface area contributed by atoms with Gasteiger partial charge in [-0.1, -0.05) is 6.07 Å². The molecule has 6 heteroatoms. The molecule has 3 heterocycles. The third kappa shape index (κ3) is 4.50. The van der Waals surface area contributed by atoms with Crippen LogP contribution in [-0.2, 0) is 11.2 Å². The Morgan fingerprint density at radius 1 is 1.19 bits per heavy atom. The number of piperidine rings is 2. The smallest absolute Gasteiger partial charge is 0.317 e. The number of aryl methyl sites for hydroxylation is 1. The molecule has 146 valence electrons. The second-order valence-electron chi connectivity index (χ2n) is 8.12. The van der Waals surface area contributed by atoms with E-state index in [1.54, 1.807) is 0 Å². The van der Waals surface area contributed by atoms with Crippen LogP contribution in [0.2, 0.25) is 0 Å². The molecule has 2 aliphatic heterocycles. The van der Waals surface area contributed by atoms with Crippen molar-refractivity contribution >= 4 is 16.9 Å². The van der Waals surface area contributed by atoms with E-state index in [1.807, 2.05) is 11.1 Å². The van der Waals surface area contributed by atoms with Gasteiger partial charge < -0.3 is 10.4 Å². The van der Waals surface area contributed by atoms with Gasteiger partial charge in [-0.05, 0) is 75.2 Å². The number of likely N-dealkylation sites (tertiary alicyclic amines) is 1. The van der Waals surface area contributed by atoms with E-state index >= 15 is 0 Å². The Kier molecular flexibility index (Phi) is 5.74. The van der Waals surface area contributed by atoms with Gasteiger partial charge in [-0.15, -0.1) is 0 Å². The number of hydrogen-bond donors (Lipinski definition) is 2. The van der Waals surface area contributed by atoms with Crippen LogP contribution in [0.25, 0.3) is 10.9 Å². The SMILES string of the molecule is O=C(O)CN1CCC(n2ncc3cc(CCC4CCNCC4)ccc32)CC1. The highest BCUT2D eigenvalue weighted by Gasteiger charge is 2.23. The van der Waals surface area contributed by atoms with Crippen molar-refractivity contribution in [2.75, 3.05) is 32.7 Å². The van der Waals surface area contributed by atoms with Gasteiger partial charge in [-0.25, -0.2) is 0 Å². The van der Waals surface area contributed by atoms with Crippen LogP contribution in [0.5, 0.6) is 0 Å². The number of rotatable bonds is 6. The van der Waals surface area contributed by atoms with Crippen molar-refractivity contribution in [3.8, 4) is 0 Å². The van der Waals surface area contributed by atoms with Crippen molar-refractivity contribution in [1.29, 1.82) is 0 Å². The second-order valence-corrected chi connectivity index (χ2v) is 8.12. The van der Waals surface area contributed by atoms with Crippen molar-refractivity contribution in [2.45, 2.75) is 44.6 Å². The van der Waals surface area contributed by atoms with Crippen LogP contribution in [0.1, 0.15) is 43.7 Å². The number of carbonyl (C=O) groups is 1. The number of aliphatic carboxylic acids is 1. The summed E-state index contributed by atoms with van der Waals surface area (Å²) in [4.78, 5) is 12.9. The Morgan fingerprint density at radius 2 is 1.96 bits per heavy atom. The lowest BCUT2D eigenvalue weighted by Crippen LogP contribution is -2.38. The largest absolute Gasteiger partial charge is 0.480 e. The van der Waals surface area contributed by atoms with E-state index in [1.165, 1.54) is 48.8 Å². The Labute approximate surface area is 160 Å². The number of fused-ring (bicyclic) bond motifs is 1. The molecule has 0 aliphatic carbocycles. The van der Waals surface area contributed by atoms with Gasteiger partial charge in [0.15, 0.2) is 0 Å². The molecule has 1 aromatic carbocycles. The third-order valence-corrected chi connectivity index (χ3v) is 6.22. The zero-order chi connectivity index (χ0) is 18.6. The number of nitrogens with zero attached hydrogens (tertiary/aromatic N) is 3. The molecule has 0 unspecified atom stereocenters. The lowest BCUT2D eigenvalue weighted by molar-refractivity contribution is -0.138. The first-order valence-electron chi connectivity index (χ1n) is 10.3. The van der Waals surface area contributed by atoms with Gasteiger partial charge in [0.05, 0.1) is 24.3 Å². The quantitative estimate of drug-likeness (QED) is 0.818. The molecule has 2 saturated heterocycles. The Morgan fingerprint density at radius 3 is 2.70 bits per heavy atom. The molecule has 1 aromatic heterocycles. The minimum atomic E-state index is -0.741. The zero-order valence-electron chi connectivity index (χ0n) is 15.9. The van der Waals surface area contributed by atoms with E-state index in [0.717, 1.165) is 38.3 Å². The Hall–Kier alpha value is -1.92. The van der Waals surface area contributed by atoms with Crippen molar-refractivity contribution in [3.05, 3.63) is 30.0 Å². The zero-order valence-corrected chi connectivity index (χ0v) is 15.9. The van der Waals surface area contributed by atoms with E-state index in [9.17, 15) is 4.79 Å². The third-order valence-electron chi connectivity index (χ3n) is 6.22. The summed E-state index contributed by atoms with van der Waals surface area (Å²) in [5, 5.41) is 18.3. The number of hydrogen-bond acceptors (Lipinski definition) is 4. The molecule has 0 saturated carbocycles. The van der Waals surface area contributed by atoms with Crippen LogP contribution in [0, 0.1) is 5.92 Å². The summed E-state index contributed by atoms with van der Waals surface area (Å²) in [5.41, 5.74) is 2.62. The fourth-order valence-corrected chi connectivity index (χ4v) is 4.60. The lowest BCUT2D eigenvalue weighted by Gasteiger charge is -2.31. The molecule has 0 amide bonds. The van der Waals surface area contributed by atoms with E-state index in [0.29, 0.717) is 6.04 Å². The summed E-state index contributed by atoms with van der Waals surface area (Å²) >= 11 is 0. The van der Waals surface area contributed by atoms with Gasteiger partial charge in [-0.2, -0.15) is 5.10 Å². The molecule has 0 radical (unpaired) electrons. The number of carboxylic acid groups (broad SMARTS) is 1. The van der Waals surface area contributed by atoms with E-state index in [4.69, 9.17) is 5.11 Å². The summed E-state index contributed by atoms with van der Waals surface area (Å²) in [7, 11) is 0. The van der Waals surface area contributed by atoms with Crippen LogP contribution in [-0.4, -0.2) is 58.5 Å². The summed E-state index contributed by atoms with van der Waals surface area (Å²) in [5.74, 6) is 0.121. The van der Waals surface area contributed by atoms with Gasteiger partial charge >= 0.3 is 5.97 Å². The average molecular weight is 370 g/mol. The van der Waals surface area contributed by atoms with Crippen LogP contribution < -0.4 is 5.32 Å². The first-order valence-corrected chi connectivity index (χ1v) is 10.3. The van der Waals surface area contributed by atoms with Crippen molar-refractivity contribution < 1.29 is 9.90 Å². The van der Waals surface area contributed by atoms with Crippen molar-refractivity contribution in [2.24, 2.45) is 5.92 Å². The van der Waals surface area contributed by atoms with Gasteiger partial charge in [0.25, 0.3) is 0 Å². The first kappa shape index (κ1) is 18.4. The van der Waals surface area contributed by atoms with Crippen LogP contribution in [0.4, 0.5) is 0 Å². The molecule has 27 heavy (non-hydrogen) atoms. The first-order chi connectivity index (χ1) is 13.2. The Balaban J connectivity index is 1.38. The minimum Gasteiger partial charge on any atom is -0.480 e. The second kappa shape index (κ2) is 8.40. The fraction of sp³-hybridized carbons (Fsp3) is 0.619. The van der Waals surface area contributed by atoms with Gasteiger partial charge in [-0.3, -0.25) is 14.4 Å². The molecular weight excluding hydrogens is 340 g/mol. The number of aromatic nitrogens is 2. The maximum atomic E-state index is 10.9. The molecular formula is C21H30N4O2. The highest BCUT2D eigenvalue weighted by Crippen LogP contribution is 2.27. The van der Waals surface area contributed by atoms with Crippen LogP contribution in [0.15, 0.2) is 24.4 Å². The molecule has 4 rings (SSSR count). The van der Waals surface area contributed by atoms with E-state index in [2.05, 4.69) is 33.3 Å². The van der Waals surface area contributed by atoms with E-state index < -0.39 is 5.97 Å². The normalized spacial score (nSPS) is 20.3. The monoisotopic (exact) mass is 370 g/mol. The predicted octanol–water partition coefficient (Wildman–Crippen LogP) is 2.69. The minimum absolute atomic E-state index is 0.146. The number of benzene rings is 1. The Bertz CT molecular complexity index is 774. The molecule has 6 nitrogen and oxygen atoms in total. The predicted molar refractivity (Wildman–Crippen MR) is 106 cm³/mol. The van der Waals surface area contributed by atoms with Crippen molar-refractivity contribution in [1.82, 2.24) is 20.0 Å².